The Hall–Kier alpha value is -2.28. The van der Waals surface area contributed by atoms with Crippen LogP contribution in [0, 0.1) is 0 Å². The van der Waals surface area contributed by atoms with Crippen LogP contribution in [-0.4, -0.2) is 37.1 Å². The number of hydrogen-bond acceptors (Lipinski definition) is 4. The standard InChI is InChI=1S/C16H17BrN2O4/c1-4-6-19-15(20)12(18-16(19)21)8-10-7-11(17)14(23-5-2)13(9-10)22-3/h4,7-9H,1,5-6H2,2-3H3,(H,18,21)/b12-8+. The molecule has 1 N–H and O–H groups in total. The van der Waals surface area contributed by atoms with E-state index in [0.717, 1.165) is 4.90 Å². The predicted molar refractivity (Wildman–Crippen MR) is 90.3 cm³/mol. The molecule has 6 nitrogen and oxygen atoms in total. The van der Waals surface area contributed by atoms with Gasteiger partial charge in [0.05, 0.1) is 18.2 Å². The Kier molecular flexibility index (Phi) is 5.44. The van der Waals surface area contributed by atoms with Crippen molar-refractivity contribution in [2.75, 3.05) is 20.3 Å². The van der Waals surface area contributed by atoms with Gasteiger partial charge >= 0.3 is 6.03 Å². The van der Waals surface area contributed by atoms with Gasteiger partial charge in [-0.15, -0.1) is 6.58 Å². The van der Waals surface area contributed by atoms with E-state index >= 15 is 0 Å². The lowest BCUT2D eigenvalue weighted by molar-refractivity contribution is -0.122. The first-order valence-corrected chi connectivity index (χ1v) is 7.76. The van der Waals surface area contributed by atoms with Crippen LogP contribution in [0.5, 0.6) is 11.5 Å². The zero-order valence-corrected chi connectivity index (χ0v) is 14.5. The molecule has 0 unspecified atom stereocenters. The molecule has 0 aromatic heterocycles. The first-order chi connectivity index (χ1) is 11.0. The molecule has 0 spiro atoms. The second kappa shape index (κ2) is 7.32. The second-order valence-corrected chi connectivity index (χ2v) is 5.51. The lowest BCUT2D eigenvalue weighted by Crippen LogP contribution is -2.30. The van der Waals surface area contributed by atoms with Gasteiger partial charge < -0.3 is 14.8 Å². The van der Waals surface area contributed by atoms with Gasteiger partial charge in [0.2, 0.25) is 0 Å². The first kappa shape index (κ1) is 17.1. The number of hydrogen-bond donors (Lipinski definition) is 1. The van der Waals surface area contributed by atoms with E-state index in [4.69, 9.17) is 9.47 Å². The quantitative estimate of drug-likeness (QED) is 0.468. The van der Waals surface area contributed by atoms with Crippen LogP contribution in [0.15, 0.2) is 35.0 Å². The smallest absolute Gasteiger partial charge is 0.329 e. The number of benzene rings is 1. The fourth-order valence-electron chi connectivity index (χ4n) is 2.14. The fraction of sp³-hybridized carbons (Fsp3) is 0.250. The number of methoxy groups -OCH3 is 1. The molecule has 1 aromatic rings. The monoisotopic (exact) mass is 380 g/mol. The molecule has 1 aliphatic heterocycles. The summed E-state index contributed by atoms with van der Waals surface area (Å²) in [5.74, 6) is 0.735. The summed E-state index contributed by atoms with van der Waals surface area (Å²) in [6.07, 6.45) is 3.09. The molecule has 0 bridgehead atoms. The van der Waals surface area contributed by atoms with Crippen molar-refractivity contribution in [3.8, 4) is 11.5 Å². The summed E-state index contributed by atoms with van der Waals surface area (Å²) >= 11 is 3.42. The van der Waals surface area contributed by atoms with E-state index < -0.39 is 6.03 Å². The third-order valence-electron chi connectivity index (χ3n) is 3.13. The first-order valence-electron chi connectivity index (χ1n) is 6.97. The zero-order chi connectivity index (χ0) is 17.0. The molecule has 122 valence electrons. The third-order valence-corrected chi connectivity index (χ3v) is 3.71. The van der Waals surface area contributed by atoms with Crippen LogP contribution in [0.1, 0.15) is 12.5 Å². The van der Waals surface area contributed by atoms with Crippen molar-refractivity contribution in [1.29, 1.82) is 0 Å². The number of amides is 3. The number of halogens is 1. The van der Waals surface area contributed by atoms with E-state index in [-0.39, 0.29) is 18.1 Å². The Balaban J connectivity index is 2.36. The molecule has 0 atom stereocenters. The fourth-order valence-corrected chi connectivity index (χ4v) is 2.71. The van der Waals surface area contributed by atoms with Crippen molar-refractivity contribution in [2.45, 2.75) is 6.92 Å². The highest BCUT2D eigenvalue weighted by Gasteiger charge is 2.32. The maximum Gasteiger partial charge on any atom is 0.329 e. The number of nitrogens with zero attached hydrogens (tertiary/aromatic N) is 1. The number of rotatable bonds is 6. The summed E-state index contributed by atoms with van der Waals surface area (Å²) in [7, 11) is 1.54. The molecular weight excluding hydrogens is 364 g/mol. The summed E-state index contributed by atoms with van der Waals surface area (Å²) in [6, 6.07) is 3.06. The lowest BCUT2D eigenvalue weighted by atomic mass is 10.1. The van der Waals surface area contributed by atoms with Crippen molar-refractivity contribution in [3.63, 3.8) is 0 Å². The molecule has 1 saturated heterocycles. The van der Waals surface area contributed by atoms with Gasteiger partial charge in [-0.1, -0.05) is 6.08 Å². The van der Waals surface area contributed by atoms with E-state index in [1.54, 1.807) is 18.2 Å². The number of ether oxygens (including phenoxy) is 2. The largest absolute Gasteiger partial charge is 0.493 e. The summed E-state index contributed by atoms with van der Waals surface area (Å²) < 4.78 is 11.5. The van der Waals surface area contributed by atoms with Crippen LogP contribution in [0.3, 0.4) is 0 Å². The van der Waals surface area contributed by atoms with Crippen molar-refractivity contribution in [3.05, 3.63) is 40.5 Å². The topological polar surface area (TPSA) is 67.9 Å². The van der Waals surface area contributed by atoms with E-state index in [1.165, 1.54) is 13.2 Å². The molecule has 3 amide bonds. The highest BCUT2D eigenvalue weighted by Crippen LogP contribution is 2.37. The summed E-state index contributed by atoms with van der Waals surface area (Å²) in [6.45, 7) is 6.08. The summed E-state index contributed by atoms with van der Waals surface area (Å²) in [5, 5.41) is 2.55. The molecule has 0 radical (unpaired) electrons. The number of nitrogens with one attached hydrogen (secondary N) is 1. The Bertz CT molecular complexity index is 685. The van der Waals surface area contributed by atoms with Crippen LogP contribution >= 0.6 is 15.9 Å². The van der Waals surface area contributed by atoms with Crippen molar-refractivity contribution in [2.24, 2.45) is 0 Å². The molecule has 0 saturated carbocycles. The minimum atomic E-state index is -0.460. The minimum Gasteiger partial charge on any atom is -0.493 e. The van der Waals surface area contributed by atoms with Gasteiger partial charge in [-0.2, -0.15) is 0 Å². The van der Waals surface area contributed by atoms with Gasteiger partial charge in [-0.05, 0) is 46.6 Å². The van der Waals surface area contributed by atoms with Crippen LogP contribution in [0.4, 0.5) is 4.79 Å². The highest BCUT2D eigenvalue weighted by atomic mass is 79.9. The molecule has 1 aromatic carbocycles. The SMILES string of the molecule is C=CCN1C(=O)N/C(=C/c2cc(Br)c(OCC)c(OC)c2)C1=O. The van der Waals surface area contributed by atoms with Gasteiger partial charge in [0.15, 0.2) is 11.5 Å². The minimum absolute atomic E-state index is 0.165. The third kappa shape index (κ3) is 3.56. The van der Waals surface area contributed by atoms with Gasteiger partial charge in [0.1, 0.15) is 5.70 Å². The van der Waals surface area contributed by atoms with Crippen LogP contribution < -0.4 is 14.8 Å². The van der Waals surface area contributed by atoms with Gasteiger partial charge in [-0.3, -0.25) is 9.69 Å². The van der Waals surface area contributed by atoms with Crippen LogP contribution in [0.25, 0.3) is 6.08 Å². The highest BCUT2D eigenvalue weighted by molar-refractivity contribution is 9.10. The van der Waals surface area contributed by atoms with E-state index in [1.807, 2.05) is 6.92 Å². The average Bonchev–Trinajstić information content (AvgIpc) is 2.77. The second-order valence-electron chi connectivity index (χ2n) is 4.66. The molecule has 23 heavy (non-hydrogen) atoms. The number of carbonyl (C=O) groups is 2. The van der Waals surface area contributed by atoms with Crippen molar-refractivity contribution < 1.29 is 19.1 Å². The zero-order valence-electron chi connectivity index (χ0n) is 12.9. The molecule has 7 heteroatoms. The van der Waals surface area contributed by atoms with Crippen molar-refractivity contribution >= 4 is 33.9 Å². The lowest BCUT2D eigenvalue weighted by Gasteiger charge is -2.12. The van der Waals surface area contributed by atoms with Crippen LogP contribution in [-0.2, 0) is 4.79 Å². The maximum absolute atomic E-state index is 12.2. The Morgan fingerprint density at radius 2 is 2.13 bits per heavy atom. The molecule has 1 fully saturated rings. The van der Waals surface area contributed by atoms with E-state index in [0.29, 0.717) is 28.1 Å². The number of carbonyl (C=O) groups excluding carboxylic acids is 2. The maximum atomic E-state index is 12.2. The number of imide groups is 1. The molecule has 1 heterocycles. The van der Waals surface area contributed by atoms with E-state index in [2.05, 4.69) is 27.8 Å². The Morgan fingerprint density at radius 1 is 1.39 bits per heavy atom. The van der Waals surface area contributed by atoms with E-state index in [9.17, 15) is 9.59 Å². The molecule has 1 aliphatic rings. The van der Waals surface area contributed by atoms with Gasteiger partial charge in [0.25, 0.3) is 5.91 Å². The molecule has 2 rings (SSSR count). The molecule has 0 aliphatic carbocycles. The Labute approximate surface area is 142 Å². The Morgan fingerprint density at radius 3 is 2.74 bits per heavy atom. The van der Waals surface area contributed by atoms with Crippen molar-refractivity contribution in [1.82, 2.24) is 10.2 Å². The van der Waals surface area contributed by atoms with Gasteiger partial charge in [-0.25, -0.2) is 4.79 Å². The molecular formula is C16H17BrN2O4. The van der Waals surface area contributed by atoms with Gasteiger partial charge in [0, 0.05) is 6.54 Å². The number of urea groups is 1. The van der Waals surface area contributed by atoms with Crippen LogP contribution in [0.2, 0.25) is 0 Å². The predicted octanol–water partition coefficient (Wildman–Crippen LogP) is 2.94. The summed E-state index contributed by atoms with van der Waals surface area (Å²) in [5.41, 5.74) is 0.899. The summed E-state index contributed by atoms with van der Waals surface area (Å²) in [4.78, 5) is 25.0. The normalized spacial score (nSPS) is 15.8. The average molecular weight is 381 g/mol.